The fraction of sp³-hybridized carbons (Fsp3) is 0.333. The van der Waals surface area contributed by atoms with E-state index in [1.165, 1.54) is 0 Å². The van der Waals surface area contributed by atoms with Crippen LogP contribution in [0.15, 0.2) is 59.7 Å². The van der Waals surface area contributed by atoms with Crippen LogP contribution in [0.1, 0.15) is 49.5 Å². The van der Waals surface area contributed by atoms with Crippen molar-refractivity contribution in [2.45, 2.75) is 40.2 Å². The molecular weight excluding hydrogens is 312 g/mol. The number of ether oxygens (including phenoxy) is 1. The smallest absolute Gasteiger partial charge is 0.271 e. The van der Waals surface area contributed by atoms with Gasteiger partial charge in [-0.3, -0.25) is 4.79 Å². The maximum Gasteiger partial charge on any atom is 0.271 e. The van der Waals surface area contributed by atoms with Crippen molar-refractivity contribution < 1.29 is 9.53 Å². The van der Waals surface area contributed by atoms with Gasteiger partial charge in [0.15, 0.2) is 0 Å². The Morgan fingerprint density at radius 1 is 1.08 bits per heavy atom. The summed E-state index contributed by atoms with van der Waals surface area (Å²) in [4.78, 5) is 12.1. The highest BCUT2D eigenvalue weighted by atomic mass is 16.5. The zero-order chi connectivity index (χ0) is 18.1. The third-order valence-electron chi connectivity index (χ3n) is 3.80. The maximum atomic E-state index is 12.1. The lowest BCUT2D eigenvalue weighted by Crippen LogP contribution is -2.19. The van der Waals surface area contributed by atoms with Crippen LogP contribution in [0, 0.1) is 5.92 Å². The van der Waals surface area contributed by atoms with E-state index in [0.29, 0.717) is 18.1 Å². The van der Waals surface area contributed by atoms with Gasteiger partial charge in [0.1, 0.15) is 12.4 Å². The summed E-state index contributed by atoms with van der Waals surface area (Å²) in [7, 11) is 0. The summed E-state index contributed by atoms with van der Waals surface area (Å²) in [6.07, 6.45) is 1.97. The van der Waals surface area contributed by atoms with Crippen molar-refractivity contribution in [1.29, 1.82) is 0 Å². The van der Waals surface area contributed by atoms with Gasteiger partial charge in [-0.25, -0.2) is 5.43 Å². The lowest BCUT2D eigenvalue weighted by Gasteiger charge is -2.07. The number of benzene rings is 2. The molecule has 0 aliphatic heterocycles. The van der Waals surface area contributed by atoms with Gasteiger partial charge in [0.05, 0.1) is 0 Å². The first kappa shape index (κ1) is 18.7. The number of nitrogens with one attached hydrogen (secondary N) is 1. The zero-order valence-corrected chi connectivity index (χ0v) is 15.2. The van der Waals surface area contributed by atoms with E-state index in [0.717, 1.165) is 29.9 Å². The van der Waals surface area contributed by atoms with E-state index in [1.807, 2.05) is 49.4 Å². The van der Waals surface area contributed by atoms with Crippen molar-refractivity contribution in [1.82, 2.24) is 5.43 Å². The van der Waals surface area contributed by atoms with Crippen molar-refractivity contribution in [3.63, 3.8) is 0 Å². The van der Waals surface area contributed by atoms with Crippen LogP contribution in [0.3, 0.4) is 0 Å². The van der Waals surface area contributed by atoms with Gasteiger partial charge >= 0.3 is 0 Å². The fourth-order valence-electron chi connectivity index (χ4n) is 2.20. The van der Waals surface area contributed by atoms with Crippen LogP contribution in [-0.2, 0) is 6.61 Å². The molecule has 1 N–H and O–H groups in total. The lowest BCUT2D eigenvalue weighted by atomic mass is 10.1. The van der Waals surface area contributed by atoms with Gasteiger partial charge in [0, 0.05) is 11.3 Å². The Balaban J connectivity index is 1.84. The van der Waals surface area contributed by atoms with Crippen LogP contribution >= 0.6 is 0 Å². The number of hydrogen-bond donors (Lipinski definition) is 1. The van der Waals surface area contributed by atoms with E-state index in [2.05, 4.69) is 24.4 Å². The molecule has 2 aromatic rings. The van der Waals surface area contributed by atoms with Crippen LogP contribution in [0.5, 0.6) is 5.75 Å². The topological polar surface area (TPSA) is 50.7 Å². The molecule has 0 unspecified atom stereocenters. The minimum Gasteiger partial charge on any atom is -0.489 e. The molecule has 0 saturated heterocycles. The van der Waals surface area contributed by atoms with Gasteiger partial charge < -0.3 is 4.74 Å². The highest BCUT2D eigenvalue weighted by molar-refractivity contribution is 5.95. The molecule has 1 amide bonds. The molecule has 0 aliphatic rings. The Kier molecular flexibility index (Phi) is 7.20. The molecule has 0 atom stereocenters. The highest BCUT2D eigenvalue weighted by Crippen LogP contribution is 2.12. The average molecular weight is 338 g/mol. The molecule has 0 radical (unpaired) electrons. The monoisotopic (exact) mass is 338 g/mol. The van der Waals surface area contributed by atoms with Crippen molar-refractivity contribution in [2.75, 3.05) is 0 Å². The standard InChI is InChI=1S/C21H26N2O2/c1-16(2)9-10-17(3)22-23-21(24)19-13-11-18(12-14-19)15-25-20-7-5-4-6-8-20/h4-8,11-14,16H,9-10,15H2,1-3H3,(H,23,24)/b22-17-. The number of nitrogens with zero attached hydrogens (tertiary/aromatic N) is 1. The predicted octanol–water partition coefficient (Wildman–Crippen LogP) is 4.81. The molecule has 4 heteroatoms. The van der Waals surface area contributed by atoms with Gasteiger partial charge in [0.25, 0.3) is 5.91 Å². The molecule has 0 fully saturated rings. The number of rotatable bonds is 8. The minimum atomic E-state index is -0.195. The van der Waals surface area contributed by atoms with Crippen molar-refractivity contribution in [3.8, 4) is 5.75 Å². The van der Waals surface area contributed by atoms with Crippen molar-refractivity contribution in [3.05, 3.63) is 65.7 Å². The first-order chi connectivity index (χ1) is 12.0. The lowest BCUT2D eigenvalue weighted by molar-refractivity contribution is 0.0954. The number of para-hydroxylation sites is 1. The van der Waals surface area contributed by atoms with Crippen molar-refractivity contribution >= 4 is 11.6 Å². The molecule has 2 aromatic carbocycles. The maximum absolute atomic E-state index is 12.1. The summed E-state index contributed by atoms with van der Waals surface area (Å²) in [5.74, 6) is 1.27. The molecule has 0 saturated carbocycles. The first-order valence-electron chi connectivity index (χ1n) is 8.65. The molecule has 0 heterocycles. The zero-order valence-electron chi connectivity index (χ0n) is 15.2. The number of amides is 1. The second kappa shape index (κ2) is 9.62. The Morgan fingerprint density at radius 2 is 1.76 bits per heavy atom. The summed E-state index contributed by atoms with van der Waals surface area (Å²) >= 11 is 0. The number of carbonyl (C=O) groups excluding carboxylic acids is 1. The quantitative estimate of drug-likeness (QED) is 0.555. The third kappa shape index (κ3) is 6.79. The van der Waals surface area contributed by atoms with E-state index in [9.17, 15) is 4.79 Å². The van der Waals surface area contributed by atoms with Gasteiger partial charge in [-0.2, -0.15) is 5.10 Å². The van der Waals surface area contributed by atoms with E-state index in [1.54, 1.807) is 12.1 Å². The second-order valence-electron chi connectivity index (χ2n) is 6.52. The molecule has 4 nitrogen and oxygen atoms in total. The number of hydrogen-bond acceptors (Lipinski definition) is 3. The van der Waals surface area contributed by atoms with Crippen LogP contribution in [0.4, 0.5) is 0 Å². The Labute approximate surface area is 149 Å². The summed E-state index contributed by atoms with van der Waals surface area (Å²) < 4.78 is 5.70. The normalized spacial score (nSPS) is 11.4. The van der Waals surface area contributed by atoms with Gasteiger partial charge in [-0.1, -0.05) is 44.2 Å². The first-order valence-corrected chi connectivity index (χ1v) is 8.65. The molecule has 0 bridgehead atoms. The van der Waals surface area contributed by atoms with Gasteiger partial charge in [-0.05, 0) is 55.5 Å². The number of carbonyl (C=O) groups is 1. The Hall–Kier alpha value is -2.62. The molecule has 0 aliphatic carbocycles. The summed E-state index contributed by atoms with van der Waals surface area (Å²) in [5.41, 5.74) is 5.16. The molecule has 2 rings (SSSR count). The summed E-state index contributed by atoms with van der Waals surface area (Å²) in [6, 6.07) is 17.0. The summed E-state index contributed by atoms with van der Waals surface area (Å²) in [5, 5.41) is 4.16. The van der Waals surface area contributed by atoms with Gasteiger partial charge in [-0.15, -0.1) is 0 Å². The third-order valence-corrected chi connectivity index (χ3v) is 3.80. The molecule has 25 heavy (non-hydrogen) atoms. The minimum absolute atomic E-state index is 0.195. The fourth-order valence-corrected chi connectivity index (χ4v) is 2.20. The Bertz CT molecular complexity index is 692. The molecule has 0 spiro atoms. The van der Waals surface area contributed by atoms with Crippen LogP contribution in [0.2, 0.25) is 0 Å². The molecule has 132 valence electrons. The molecular formula is C21H26N2O2. The van der Waals surface area contributed by atoms with E-state index >= 15 is 0 Å². The summed E-state index contributed by atoms with van der Waals surface area (Å²) in [6.45, 7) is 6.76. The second-order valence-corrected chi connectivity index (χ2v) is 6.52. The highest BCUT2D eigenvalue weighted by Gasteiger charge is 2.05. The average Bonchev–Trinajstić information content (AvgIpc) is 2.64. The largest absolute Gasteiger partial charge is 0.489 e. The van der Waals surface area contributed by atoms with Crippen LogP contribution < -0.4 is 10.2 Å². The SMILES string of the molecule is C/C(CCC(C)C)=N/NC(=O)c1ccc(COc2ccccc2)cc1. The van der Waals surface area contributed by atoms with Crippen LogP contribution in [-0.4, -0.2) is 11.6 Å². The number of hydrazone groups is 1. The van der Waals surface area contributed by atoms with E-state index in [4.69, 9.17) is 4.74 Å². The van der Waals surface area contributed by atoms with Gasteiger partial charge in [0.2, 0.25) is 0 Å². The van der Waals surface area contributed by atoms with E-state index in [-0.39, 0.29) is 5.91 Å². The Morgan fingerprint density at radius 3 is 2.40 bits per heavy atom. The predicted molar refractivity (Wildman–Crippen MR) is 102 cm³/mol. The van der Waals surface area contributed by atoms with Crippen molar-refractivity contribution in [2.24, 2.45) is 11.0 Å². The van der Waals surface area contributed by atoms with Crippen LogP contribution in [0.25, 0.3) is 0 Å². The molecule has 0 aromatic heterocycles. The van der Waals surface area contributed by atoms with E-state index < -0.39 is 0 Å².